The minimum atomic E-state index is -4.41. The number of aromatic nitrogens is 3. The van der Waals surface area contributed by atoms with Crippen LogP contribution in [0.25, 0.3) is 10.6 Å². The SMILES string of the molecule is Cc1nc(-c2ccc(C(F)(F)F)cc2)sc1C(=O)Nc1ncccc1OCc1ccncc1. The summed E-state index contributed by atoms with van der Waals surface area (Å²) in [7, 11) is 0. The van der Waals surface area contributed by atoms with Crippen LogP contribution in [0.15, 0.2) is 67.1 Å². The highest BCUT2D eigenvalue weighted by Gasteiger charge is 2.30. The highest BCUT2D eigenvalue weighted by Crippen LogP contribution is 2.33. The van der Waals surface area contributed by atoms with E-state index < -0.39 is 17.6 Å². The lowest BCUT2D eigenvalue weighted by molar-refractivity contribution is -0.137. The summed E-state index contributed by atoms with van der Waals surface area (Å²) in [6.07, 6.45) is 0.432. The van der Waals surface area contributed by atoms with E-state index in [9.17, 15) is 18.0 Å². The molecule has 0 unspecified atom stereocenters. The van der Waals surface area contributed by atoms with Gasteiger partial charge in [-0.1, -0.05) is 12.1 Å². The molecule has 10 heteroatoms. The molecule has 0 bridgehead atoms. The van der Waals surface area contributed by atoms with Crippen LogP contribution < -0.4 is 10.1 Å². The third-order valence-corrected chi connectivity index (χ3v) is 5.81. The first kappa shape index (κ1) is 22.4. The van der Waals surface area contributed by atoms with Gasteiger partial charge in [-0.25, -0.2) is 9.97 Å². The largest absolute Gasteiger partial charge is 0.485 e. The van der Waals surface area contributed by atoms with Gasteiger partial charge in [0.2, 0.25) is 0 Å². The number of halogens is 3. The number of nitrogens with one attached hydrogen (secondary N) is 1. The fourth-order valence-corrected chi connectivity index (χ4v) is 3.90. The maximum absolute atomic E-state index is 12.9. The first-order valence-electron chi connectivity index (χ1n) is 9.74. The second-order valence-corrected chi connectivity index (χ2v) is 7.96. The molecule has 168 valence electrons. The molecule has 0 spiro atoms. The van der Waals surface area contributed by atoms with Crippen molar-refractivity contribution in [2.24, 2.45) is 0 Å². The molecule has 4 rings (SSSR count). The Kier molecular flexibility index (Phi) is 6.36. The Bertz CT molecular complexity index is 1260. The first-order chi connectivity index (χ1) is 15.8. The van der Waals surface area contributed by atoms with E-state index in [4.69, 9.17) is 4.74 Å². The number of rotatable bonds is 6. The van der Waals surface area contributed by atoms with Crippen LogP contribution in [-0.2, 0) is 12.8 Å². The van der Waals surface area contributed by atoms with Gasteiger partial charge in [0.15, 0.2) is 11.6 Å². The van der Waals surface area contributed by atoms with Crippen molar-refractivity contribution in [2.45, 2.75) is 19.7 Å². The van der Waals surface area contributed by atoms with Crippen LogP contribution in [0.5, 0.6) is 5.75 Å². The van der Waals surface area contributed by atoms with Crippen molar-refractivity contribution in [1.29, 1.82) is 0 Å². The lowest BCUT2D eigenvalue weighted by Crippen LogP contribution is -2.13. The molecule has 0 radical (unpaired) electrons. The lowest BCUT2D eigenvalue weighted by atomic mass is 10.1. The van der Waals surface area contributed by atoms with Gasteiger partial charge >= 0.3 is 6.18 Å². The molecular formula is C23H17F3N4O2S. The van der Waals surface area contributed by atoms with Gasteiger partial charge in [-0.2, -0.15) is 13.2 Å². The van der Waals surface area contributed by atoms with E-state index in [1.807, 2.05) is 12.1 Å². The highest BCUT2D eigenvalue weighted by molar-refractivity contribution is 7.17. The van der Waals surface area contributed by atoms with Crippen molar-refractivity contribution in [3.63, 3.8) is 0 Å². The van der Waals surface area contributed by atoms with E-state index in [0.29, 0.717) is 26.9 Å². The molecule has 0 aliphatic heterocycles. The highest BCUT2D eigenvalue weighted by atomic mass is 32.1. The summed E-state index contributed by atoms with van der Waals surface area (Å²) in [5.41, 5.74) is 1.12. The minimum Gasteiger partial charge on any atom is -0.485 e. The van der Waals surface area contributed by atoms with Crippen molar-refractivity contribution in [1.82, 2.24) is 15.0 Å². The van der Waals surface area contributed by atoms with Gasteiger partial charge in [0, 0.05) is 24.2 Å². The van der Waals surface area contributed by atoms with Crippen molar-refractivity contribution < 1.29 is 22.7 Å². The van der Waals surface area contributed by atoms with Crippen LogP contribution in [0.1, 0.15) is 26.5 Å². The topological polar surface area (TPSA) is 77.0 Å². The van der Waals surface area contributed by atoms with E-state index in [1.165, 1.54) is 18.3 Å². The molecule has 0 saturated carbocycles. The molecule has 1 N–H and O–H groups in total. The van der Waals surface area contributed by atoms with Crippen LogP contribution in [0, 0.1) is 6.92 Å². The average Bonchev–Trinajstić information content (AvgIpc) is 3.20. The number of alkyl halides is 3. The number of nitrogens with zero attached hydrogens (tertiary/aromatic N) is 3. The maximum Gasteiger partial charge on any atom is 0.416 e. The normalized spacial score (nSPS) is 11.3. The zero-order chi connectivity index (χ0) is 23.4. The molecule has 33 heavy (non-hydrogen) atoms. The molecule has 6 nitrogen and oxygen atoms in total. The summed E-state index contributed by atoms with van der Waals surface area (Å²) in [5, 5.41) is 3.18. The molecule has 3 aromatic heterocycles. The third-order valence-electron chi connectivity index (χ3n) is 4.61. The number of carbonyl (C=O) groups is 1. The molecule has 0 atom stereocenters. The number of hydrogen-bond donors (Lipinski definition) is 1. The van der Waals surface area contributed by atoms with E-state index >= 15 is 0 Å². The summed E-state index contributed by atoms with van der Waals surface area (Å²) in [5.74, 6) is 0.212. The van der Waals surface area contributed by atoms with Gasteiger partial charge in [-0.15, -0.1) is 11.3 Å². The standard InChI is InChI=1S/C23H17F3N4O2S/c1-14-19(33-22(29-14)16-4-6-17(7-5-16)23(24,25)26)21(31)30-20-18(3-2-10-28-20)32-13-15-8-11-27-12-9-15/h2-12H,13H2,1H3,(H,28,30,31). The fraction of sp³-hybridized carbons (Fsp3) is 0.130. The third kappa shape index (κ3) is 5.35. The Hall–Kier alpha value is -3.79. The van der Waals surface area contributed by atoms with Gasteiger partial charge < -0.3 is 10.1 Å². The van der Waals surface area contributed by atoms with Gasteiger partial charge in [0.05, 0.1) is 11.3 Å². The van der Waals surface area contributed by atoms with Gasteiger partial charge in [-0.3, -0.25) is 9.78 Å². The number of ether oxygens (including phenoxy) is 1. The van der Waals surface area contributed by atoms with E-state index in [2.05, 4.69) is 20.3 Å². The number of carbonyl (C=O) groups excluding carboxylic acids is 1. The molecule has 1 amide bonds. The molecule has 0 saturated heterocycles. The smallest absolute Gasteiger partial charge is 0.416 e. The molecule has 1 aromatic carbocycles. The number of amides is 1. The van der Waals surface area contributed by atoms with Crippen molar-refractivity contribution in [2.75, 3.05) is 5.32 Å². The van der Waals surface area contributed by atoms with Crippen LogP contribution in [-0.4, -0.2) is 20.9 Å². The Balaban J connectivity index is 1.50. The van der Waals surface area contributed by atoms with Crippen molar-refractivity contribution in [3.05, 3.63) is 88.8 Å². The first-order valence-corrected chi connectivity index (χ1v) is 10.6. The Morgan fingerprint density at radius 1 is 1.06 bits per heavy atom. The van der Waals surface area contributed by atoms with E-state index in [1.54, 1.807) is 31.5 Å². The molecule has 3 heterocycles. The summed E-state index contributed by atoms with van der Waals surface area (Å²) < 4.78 is 44.2. The predicted molar refractivity (Wildman–Crippen MR) is 118 cm³/mol. The van der Waals surface area contributed by atoms with Gasteiger partial charge in [0.1, 0.15) is 16.5 Å². The Morgan fingerprint density at radius 2 is 1.79 bits per heavy atom. The monoisotopic (exact) mass is 470 g/mol. The van der Waals surface area contributed by atoms with Crippen molar-refractivity contribution in [3.8, 4) is 16.3 Å². The van der Waals surface area contributed by atoms with Crippen LogP contribution in [0.2, 0.25) is 0 Å². The average molecular weight is 470 g/mol. The lowest BCUT2D eigenvalue weighted by Gasteiger charge is -2.11. The van der Waals surface area contributed by atoms with Gasteiger partial charge in [-0.05, 0) is 48.9 Å². The molecule has 0 aliphatic rings. The number of pyridine rings is 2. The number of thiazole rings is 1. The zero-order valence-corrected chi connectivity index (χ0v) is 18.1. The summed E-state index contributed by atoms with van der Waals surface area (Å²) in [6.45, 7) is 1.94. The quantitative estimate of drug-likeness (QED) is 0.388. The molecule has 0 aliphatic carbocycles. The van der Waals surface area contributed by atoms with Crippen molar-refractivity contribution >= 4 is 23.1 Å². The minimum absolute atomic E-state index is 0.250. The Morgan fingerprint density at radius 3 is 2.48 bits per heavy atom. The summed E-state index contributed by atoms with van der Waals surface area (Å²) >= 11 is 1.09. The fourth-order valence-electron chi connectivity index (χ4n) is 2.94. The maximum atomic E-state index is 12.9. The zero-order valence-electron chi connectivity index (χ0n) is 17.3. The number of benzene rings is 1. The molecule has 0 fully saturated rings. The number of hydrogen-bond acceptors (Lipinski definition) is 6. The number of anilines is 1. The summed E-state index contributed by atoms with van der Waals surface area (Å²) in [6, 6.07) is 11.7. The second-order valence-electron chi connectivity index (χ2n) is 6.96. The Labute approximate surface area is 191 Å². The van der Waals surface area contributed by atoms with Crippen LogP contribution in [0.4, 0.5) is 19.0 Å². The molecular weight excluding hydrogens is 453 g/mol. The summed E-state index contributed by atoms with van der Waals surface area (Å²) in [4.78, 5) is 25.7. The van der Waals surface area contributed by atoms with E-state index in [-0.39, 0.29) is 12.4 Å². The van der Waals surface area contributed by atoms with Crippen LogP contribution in [0.3, 0.4) is 0 Å². The number of aryl methyl sites for hydroxylation is 1. The molecule has 4 aromatic rings. The predicted octanol–water partition coefficient (Wildman–Crippen LogP) is 5.76. The van der Waals surface area contributed by atoms with E-state index in [0.717, 1.165) is 29.0 Å². The van der Waals surface area contributed by atoms with Gasteiger partial charge in [0.25, 0.3) is 5.91 Å². The van der Waals surface area contributed by atoms with Crippen LogP contribution >= 0.6 is 11.3 Å². The second kappa shape index (κ2) is 9.37.